The Morgan fingerprint density at radius 1 is 1.17 bits per heavy atom. The van der Waals surface area contributed by atoms with Crippen LogP contribution in [-0.2, 0) is 14.3 Å². The van der Waals surface area contributed by atoms with E-state index in [9.17, 15) is 9.59 Å². The second-order valence-electron chi connectivity index (χ2n) is 4.76. The SMILES string of the molecule is O=C(NC1CCOCC1)C(=O)N1CCCNCC1. The lowest BCUT2D eigenvalue weighted by molar-refractivity contribution is -0.146. The molecule has 6 nitrogen and oxygen atoms in total. The van der Waals surface area contributed by atoms with E-state index < -0.39 is 11.8 Å². The van der Waals surface area contributed by atoms with Gasteiger partial charge >= 0.3 is 11.8 Å². The lowest BCUT2D eigenvalue weighted by Gasteiger charge is -2.25. The Labute approximate surface area is 107 Å². The van der Waals surface area contributed by atoms with Gasteiger partial charge in [-0.15, -0.1) is 0 Å². The molecule has 2 amide bonds. The van der Waals surface area contributed by atoms with E-state index in [0.29, 0.717) is 26.3 Å². The first-order valence-corrected chi connectivity index (χ1v) is 6.65. The smallest absolute Gasteiger partial charge is 0.311 e. The van der Waals surface area contributed by atoms with Crippen LogP contribution in [0.25, 0.3) is 0 Å². The van der Waals surface area contributed by atoms with Crippen molar-refractivity contribution in [1.82, 2.24) is 15.5 Å². The van der Waals surface area contributed by atoms with Crippen molar-refractivity contribution < 1.29 is 14.3 Å². The van der Waals surface area contributed by atoms with Crippen LogP contribution in [0.2, 0.25) is 0 Å². The van der Waals surface area contributed by atoms with Gasteiger partial charge in [-0.2, -0.15) is 0 Å². The van der Waals surface area contributed by atoms with E-state index in [2.05, 4.69) is 10.6 Å². The molecule has 2 heterocycles. The monoisotopic (exact) mass is 255 g/mol. The maximum atomic E-state index is 12.0. The summed E-state index contributed by atoms with van der Waals surface area (Å²) in [5, 5.41) is 6.02. The molecule has 2 fully saturated rings. The molecule has 0 aromatic heterocycles. The molecule has 2 aliphatic heterocycles. The largest absolute Gasteiger partial charge is 0.381 e. The number of nitrogens with zero attached hydrogens (tertiary/aromatic N) is 1. The van der Waals surface area contributed by atoms with Crippen LogP contribution in [0.1, 0.15) is 19.3 Å². The van der Waals surface area contributed by atoms with Crippen LogP contribution in [0.15, 0.2) is 0 Å². The van der Waals surface area contributed by atoms with E-state index in [0.717, 1.165) is 32.4 Å². The zero-order chi connectivity index (χ0) is 12.8. The second-order valence-corrected chi connectivity index (χ2v) is 4.76. The summed E-state index contributed by atoms with van der Waals surface area (Å²) in [6.45, 7) is 4.26. The molecule has 2 aliphatic rings. The molecule has 0 aromatic rings. The summed E-state index contributed by atoms with van der Waals surface area (Å²) < 4.78 is 5.22. The third-order valence-corrected chi connectivity index (χ3v) is 3.38. The molecule has 0 radical (unpaired) electrons. The Kier molecular flexibility index (Phi) is 4.95. The number of hydrogen-bond donors (Lipinski definition) is 2. The van der Waals surface area contributed by atoms with Crippen molar-refractivity contribution >= 4 is 11.8 Å². The minimum absolute atomic E-state index is 0.0836. The van der Waals surface area contributed by atoms with Crippen LogP contribution in [0.5, 0.6) is 0 Å². The average molecular weight is 255 g/mol. The minimum atomic E-state index is -0.469. The van der Waals surface area contributed by atoms with Crippen molar-refractivity contribution in [2.75, 3.05) is 39.4 Å². The van der Waals surface area contributed by atoms with Crippen molar-refractivity contribution in [3.63, 3.8) is 0 Å². The van der Waals surface area contributed by atoms with Crippen molar-refractivity contribution in [3.8, 4) is 0 Å². The molecule has 0 aromatic carbocycles. The molecule has 2 saturated heterocycles. The number of rotatable bonds is 1. The van der Waals surface area contributed by atoms with Gasteiger partial charge in [0.25, 0.3) is 0 Å². The topological polar surface area (TPSA) is 70.7 Å². The van der Waals surface area contributed by atoms with Gasteiger partial charge in [0.05, 0.1) is 0 Å². The number of carbonyl (C=O) groups excluding carboxylic acids is 2. The number of amides is 2. The van der Waals surface area contributed by atoms with Crippen LogP contribution in [0.3, 0.4) is 0 Å². The highest BCUT2D eigenvalue weighted by Crippen LogP contribution is 2.06. The van der Waals surface area contributed by atoms with Gasteiger partial charge in [-0.1, -0.05) is 0 Å². The van der Waals surface area contributed by atoms with Crippen LogP contribution >= 0.6 is 0 Å². The first kappa shape index (κ1) is 13.3. The number of nitrogens with one attached hydrogen (secondary N) is 2. The molecular formula is C12H21N3O3. The predicted molar refractivity (Wildman–Crippen MR) is 66.1 cm³/mol. The summed E-state index contributed by atoms with van der Waals surface area (Å²) in [4.78, 5) is 25.5. The quantitative estimate of drug-likeness (QED) is 0.596. The summed E-state index contributed by atoms with van der Waals surface area (Å²) in [5.41, 5.74) is 0. The molecule has 0 saturated carbocycles. The van der Waals surface area contributed by atoms with Gasteiger partial charge < -0.3 is 20.3 Å². The molecule has 0 spiro atoms. The fourth-order valence-corrected chi connectivity index (χ4v) is 2.28. The van der Waals surface area contributed by atoms with Crippen LogP contribution in [0, 0.1) is 0 Å². The third kappa shape index (κ3) is 3.68. The van der Waals surface area contributed by atoms with Gasteiger partial charge in [0.1, 0.15) is 0 Å². The molecule has 2 rings (SSSR count). The highest BCUT2D eigenvalue weighted by atomic mass is 16.5. The van der Waals surface area contributed by atoms with E-state index in [1.807, 2.05) is 0 Å². The van der Waals surface area contributed by atoms with Crippen LogP contribution in [0.4, 0.5) is 0 Å². The molecule has 0 atom stereocenters. The predicted octanol–water partition coefficient (Wildman–Crippen LogP) is -0.896. The second kappa shape index (κ2) is 6.70. The van der Waals surface area contributed by atoms with E-state index in [4.69, 9.17) is 4.74 Å². The Morgan fingerprint density at radius 2 is 1.94 bits per heavy atom. The van der Waals surface area contributed by atoms with Crippen molar-refractivity contribution in [3.05, 3.63) is 0 Å². The van der Waals surface area contributed by atoms with E-state index in [-0.39, 0.29) is 6.04 Å². The van der Waals surface area contributed by atoms with Gasteiger partial charge in [0, 0.05) is 38.9 Å². The zero-order valence-corrected chi connectivity index (χ0v) is 10.6. The summed E-state index contributed by atoms with van der Waals surface area (Å²) in [7, 11) is 0. The van der Waals surface area contributed by atoms with Crippen molar-refractivity contribution in [2.24, 2.45) is 0 Å². The molecule has 102 valence electrons. The fraction of sp³-hybridized carbons (Fsp3) is 0.833. The average Bonchev–Trinajstić information content (AvgIpc) is 2.68. The first-order valence-electron chi connectivity index (χ1n) is 6.65. The summed E-state index contributed by atoms with van der Waals surface area (Å²) in [6, 6.07) is 0.0836. The van der Waals surface area contributed by atoms with Gasteiger partial charge in [-0.3, -0.25) is 9.59 Å². The Balaban J connectivity index is 1.81. The fourth-order valence-electron chi connectivity index (χ4n) is 2.28. The highest BCUT2D eigenvalue weighted by molar-refractivity contribution is 6.35. The molecule has 18 heavy (non-hydrogen) atoms. The van der Waals surface area contributed by atoms with Gasteiger partial charge in [-0.05, 0) is 25.8 Å². The number of hydrogen-bond acceptors (Lipinski definition) is 4. The first-order chi connectivity index (χ1) is 8.77. The summed E-state index contributed by atoms with van der Waals surface area (Å²) in [6.07, 6.45) is 2.48. The number of ether oxygens (including phenoxy) is 1. The van der Waals surface area contributed by atoms with Gasteiger partial charge in [0.15, 0.2) is 0 Å². The van der Waals surface area contributed by atoms with Crippen molar-refractivity contribution in [1.29, 1.82) is 0 Å². The maximum Gasteiger partial charge on any atom is 0.311 e. The summed E-state index contributed by atoms with van der Waals surface area (Å²) in [5.74, 6) is -0.867. The Hall–Kier alpha value is -1.14. The zero-order valence-electron chi connectivity index (χ0n) is 10.6. The molecular weight excluding hydrogens is 234 g/mol. The van der Waals surface area contributed by atoms with Crippen LogP contribution in [-0.4, -0.2) is 62.1 Å². The van der Waals surface area contributed by atoms with Gasteiger partial charge in [-0.25, -0.2) is 0 Å². The molecule has 2 N–H and O–H groups in total. The maximum absolute atomic E-state index is 12.0. The standard InChI is InChI=1S/C12H21N3O3/c16-11(14-10-2-8-18-9-3-10)12(17)15-6-1-4-13-5-7-15/h10,13H,1-9H2,(H,14,16). The van der Waals surface area contributed by atoms with Crippen molar-refractivity contribution in [2.45, 2.75) is 25.3 Å². The third-order valence-electron chi connectivity index (χ3n) is 3.38. The van der Waals surface area contributed by atoms with E-state index >= 15 is 0 Å². The summed E-state index contributed by atoms with van der Waals surface area (Å²) >= 11 is 0. The molecule has 6 heteroatoms. The normalized spacial score (nSPS) is 22.3. The molecule has 0 bridgehead atoms. The lowest BCUT2D eigenvalue weighted by Crippen LogP contribution is -2.48. The van der Waals surface area contributed by atoms with E-state index in [1.165, 1.54) is 0 Å². The van der Waals surface area contributed by atoms with E-state index in [1.54, 1.807) is 4.90 Å². The molecule has 0 unspecified atom stereocenters. The Bertz CT molecular complexity index is 295. The van der Waals surface area contributed by atoms with Crippen LogP contribution < -0.4 is 10.6 Å². The highest BCUT2D eigenvalue weighted by Gasteiger charge is 2.25. The molecule has 0 aliphatic carbocycles. The number of carbonyl (C=O) groups is 2. The lowest BCUT2D eigenvalue weighted by atomic mass is 10.1. The minimum Gasteiger partial charge on any atom is -0.381 e. The van der Waals surface area contributed by atoms with Gasteiger partial charge in [0.2, 0.25) is 0 Å². The Morgan fingerprint density at radius 3 is 2.72 bits per heavy atom.